The van der Waals surface area contributed by atoms with Crippen LogP contribution in [0.4, 0.5) is 4.39 Å². The van der Waals surface area contributed by atoms with Gasteiger partial charge in [-0.2, -0.15) is 0 Å². The van der Waals surface area contributed by atoms with Crippen LogP contribution in [0.3, 0.4) is 0 Å². The van der Waals surface area contributed by atoms with Gasteiger partial charge in [0.15, 0.2) is 11.6 Å². The number of likely N-dealkylation sites (tertiary alicyclic amines) is 1. The van der Waals surface area contributed by atoms with Crippen molar-refractivity contribution in [2.24, 2.45) is 0 Å². The number of aliphatic hydroxyl groups excluding tert-OH is 1. The summed E-state index contributed by atoms with van der Waals surface area (Å²) in [5, 5.41) is 21.5. The van der Waals surface area contributed by atoms with Crippen LogP contribution in [0.5, 0.6) is 5.75 Å². The molecule has 1 aromatic rings. The second kappa shape index (κ2) is 7.38. The van der Waals surface area contributed by atoms with Crippen LogP contribution in [0.2, 0.25) is 0 Å². The van der Waals surface area contributed by atoms with E-state index in [1.165, 1.54) is 6.07 Å². The first kappa shape index (κ1) is 15.7. The number of benzene rings is 1. The molecular weight excluding hydrogens is 275 g/mol. The van der Waals surface area contributed by atoms with Crippen LogP contribution in [0, 0.1) is 5.82 Å². The second-order valence-corrected chi connectivity index (χ2v) is 5.37. The number of nitrogens with one attached hydrogen (secondary N) is 1. The number of β-amino-alcohol motifs (C(OH)–C–C–N with tert-alkyl or cyclic N) is 1. The summed E-state index contributed by atoms with van der Waals surface area (Å²) in [5.74, 6) is -1.59. The van der Waals surface area contributed by atoms with Gasteiger partial charge in [-0.1, -0.05) is 0 Å². The van der Waals surface area contributed by atoms with E-state index in [4.69, 9.17) is 0 Å². The number of phenols is 1. The SMILES string of the molecule is O=C(NCCCN1CCC[C@@H](O)C1)c1ccc(F)c(O)c1. The summed E-state index contributed by atoms with van der Waals surface area (Å²) in [5.41, 5.74) is 0.238. The minimum absolute atomic E-state index is 0.238. The molecule has 116 valence electrons. The summed E-state index contributed by atoms with van der Waals surface area (Å²) in [6.45, 7) is 3.01. The van der Waals surface area contributed by atoms with Gasteiger partial charge < -0.3 is 20.4 Å². The largest absolute Gasteiger partial charge is 0.505 e. The Hall–Kier alpha value is -1.66. The minimum Gasteiger partial charge on any atom is -0.505 e. The molecule has 0 radical (unpaired) electrons. The van der Waals surface area contributed by atoms with Gasteiger partial charge in [-0.3, -0.25) is 4.79 Å². The number of piperidine rings is 1. The van der Waals surface area contributed by atoms with Crippen LogP contribution >= 0.6 is 0 Å². The van der Waals surface area contributed by atoms with Gasteiger partial charge in [0, 0.05) is 18.7 Å². The molecule has 0 aromatic heterocycles. The molecule has 1 saturated heterocycles. The molecule has 21 heavy (non-hydrogen) atoms. The first-order valence-electron chi connectivity index (χ1n) is 7.23. The highest BCUT2D eigenvalue weighted by molar-refractivity contribution is 5.94. The summed E-state index contributed by atoms with van der Waals surface area (Å²) in [6.07, 6.45) is 2.41. The van der Waals surface area contributed by atoms with Crippen molar-refractivity contribution >= 4 is 5.91 Å². The van der Waals surface area contributed by atoms with E-state index in [9.17, 15) is 19.4 Å². The summed E-state index contributed by atoms with van der Waals surface area (Å²) < 4.78 is 12.9. The lowest BCUT2D eigenvalue weighted by atomic mass is 10.1. The topological polar surface area (TPSA) is 72.8 Å². The molecule has 0 saturated carbocycles. The van der Waals surface area contributed by atoms with E-state index in [-0.39, 0.29) is 17.6 Å². The predicted molar refractivity (Wildman–Crippen MR) is 76.7 cm³/mol. The van der Waals surface area contributed by atoms with E-state index in [0.29, 0.717) is 13.1 Å². The van der Waals surface area contributed by atoms with Crippen LogP contribution in [0.15, 0.2) is 18.2 Å². The Balaban J connectivity index is 1.70. The third kappa shape index (κ3) is 4.68. The number of phenolic OH excluding ortho intramolecular Hbond substituents is 1. The highest BCUT2D eigenvalue weighted by Crippen LogP contribution is 2.16. The number of amides is 1. The normalized spacial score (nSPS) is 19.4. The number of carbonyl (C=O) groups is 1. The summed E-state index contributed by atoms with van der Waals surface area (Å²) in [4.78, 5) is 14.0. The van der Waals surface area contributed by atoms with Crippen LogP contribution in [0.25, 0.3) is 0 Å². The maximum absolute atomic E-state index is 12.9. The van der Waals surface area contributed by atoms with Crippen LogP contribution in [0.1, 0.15) is 29.6 Å². The number of aromatic hydroxyl groups is 1. The molecule has 5 nitrogen and oxygen atoms in total. The van der Waals surface area contributed by atoms with Gasteiger partial charge in [0.25, 0.3) is 5.91 Å². The highest BCUT2D eigenvalue weighted by atomic mass is 19.1. The van der Waals surface area contributed by atoms with E-state index in [0.717, 1.165) is 44.5 Å². The van der Waals surface area contributed by atoms with Gasteiger partial charge in [-0.15, -0.1) is 0 Å². The monoisotopic (exact) mass is 296 g/mol. The molecule has 0 unspecified atom stereocenters. The Morgan fingerprint density at radius 1 is 1.48 bits per heavy atom. The van der Waals surface area contributed by atoms with Crippen molar-refractivity contribution in [3.63, 3.8) is 0 Å². The number of halogens is 1. The summed E-state index contributed by atoms with van der Waals surface area (Å²) >= 11 is 0. The van der Waals surface area contributed by atoms with E-state index in [1.54, 1.807) is 0 Å². The van der Waals surface area contributed by atoms with E-state index >= 15 is 0 Å². The quantitative estimate of drug-likeness (QED) is 0.712. The highest BCUT2D eigenvalue weighted by Gasteiger charge is 2.16. The molecule has 1 fully saturated rings. The average molecular weight is 296 g/mol. The number of hydrogen-bond acceptors (Lipinski definition) is 4. The molecule has 1 amide bonds. The lowest BCUT2D eigenvalue weighted by Gasteiger charge is -2.29. The van der Waals surface area contributed by atoms with E-state index in [1.807, 2.05) is 0 Å². The Morgan fingerprint density at radius 3 is 3.00 bits per heavy atom. The third-order valence-electron chi connectivity index (χ3n) is 3.63. The molecule has 1 aliphatic heterocycles. The Bertz CT molecular complexity index is 496. The predicted octanol–water partition coefficient (Wildman–Crippen LogP) is 1.11. The fourth-order valence-electron chi connectivity index (χ4n) is 2.49. The van der Waals surface area contributed by atoms with Gasteiger partial charge >= 0.3 is 0 Å². The molecule has 0 aliphatic carbocycles. The van der Waals surface area contributed by atoms with Crippen molar-refractivity contribution in [3.8, 4) is 5.75 Å². The van der Waals surface area contributed by atoms with Gasteiger partial charge in [0.2, 0.25) is 0 Å². The van der Waals surface area contributed by atoms with Crippen molar-refractivity contribution in [1.82, 2.24) is 10.2 Å². The summed E-state index contributed by atoms with van der Waals surface area (Å²) in [6, 6.07) is 3.52. The second-order valence-electron chi connectivity index (χ2n) is 5.37. The lowest BCUT2D eigenvalue weighted by molar-refractivity contribution is 0.0697. The van der Waals surface area contributed by atoms with Gasteiger partial charge in [0.1, 0.15) is 0 Å². The molecule has 0 spiro atoms. The molecule has 1 aliphatic rings. The lowest BCUT2D eigenvalue weighted by Crippen LogP contribution is -2.39. The maximum Gasteiger partial charge on any atom is 0.251 e. The number of carbonyl (C=O) groups excluding carboxylic acids is 1. The van der Waals surface area contributed by atoms with Crippen molar-refractivity contribution < 1.29 is 19.4 Å². The Morgan fingerprint density at radius 2 is 2.29 bits per heavy atom. The Kier molecular flexibility index (Phi) is 5.52. The van der Waals surface area contributed by atoms with E-state index < -0.39 is 11.6 Å². The zero-order chi connectivity index (χ0) is 15.2. The smallest absolute Gasteiger partial charge is 0.251 e. The third-order valence-corrected chi connectivity index (χ3v) is 3.63. The fourth-order valence-corrected chi connectivity index (χ4v) is 2.49. The molecule has 3 N–H and O–H groups in total. The molecular formula is C15H21FN2O3. The molecule has 6 heteroatoms. The van der Waals surface area contributed by atoms with Crippen molar-refractivity contribution in [2.75, 3.05) is 26.2 Å². The minimum atomic E-state index is -0.741. The van der Waals surface area contributed by atoms with Crippen LogP contribution in [-0.2, 0) is 0 Å². The van der Waals surface area contributed by atoms with Crippen molar-refractivity contribution in [1.29, 1.82) is 0 Å². The zero-order valence-corrected chi connectivity index (χ0v) is 11.9. The number of nitrogens with zero attached hydrogens (tertiary/aromatic N) is 1. The maximum atomic E-state index is 12.9. The van der Waals surface area contributed by atoms with E-state index in [2.05, 4.69) is 10.2 Å². The van der Waals surface area contributed by atoms with Crippen molar-refractivity contribution in [2.45, 2.75) is 25.4 Å². The number of hydrogen-bond donors (Lipinski definition) is 3. The molecule has 1 heterocycles. The first-order chi connectivity index (χ1) is 10.1. The summed E-state index contributed by atoms with van der Waals surface area (Å²) in [7, 11) is 0. The van der Waals surface area contributed by atoms with Crippen molar-refractivity contribution in [3.05, 3.63) is 29.6 Å². The molecule has 1 atom stereocenters. The molecule has 2 rings (SSSR count). The average Bonchev–Trinajstić information content (AvgIpc) is 2.46. The Labute approximate surface area is 123 Å². The fraction of sp³-hybridized carbons (Fsp3) is 0.533. The van der Waals surface area contributed by atoms with Gasteiger partial charge in [-0.25, -0.2) is 4.39 Å². The van der Waals surface area contributed by atoms with Crippen LogP contribution in [-0.4, -0.2) is 53.3 Å². The first-order valence-corrected chi connectivity index (χ1v) is 7.23. The zero-order valence-electron chi connectivity index (χ0n) is 11.9. The van der Waals surface area contributed by atoms with Crippen LogP contribution < -0.4 is 5.32 Å². The molecule has 0 bridgehead atoms. The van der Waals surface area contributed by atoms with Gasteiger partial charge in [0.05, 0.1) is 6.10 Å². The molecule has 1 aromatic carbocycles. The standard InChI is InChI=1S/C15H21FN2O3/c16-13-5-4-11(9-14(13)20)15(21)17-6-2-8-18-7-1-3-12(19)10-18/h4-5,9,12,19-20H,1-3,6-8,10H2,(H,17,21)/t12-/m1/s1. The number of aliphatic hydroxyl groups is 1. The number of rotatable bonds is 5. The van der Waals surface area contributed by atoms with Gasteiger partial charge in [-0.05, 0) is 50.6 Å².